The molecule has 2 aliphatic rings. The van der Waals surface area contributed by atoms with Crippen molar-refractivity contribution in [2.45, 2.75) is 51.5 Å². The Labute approximate surface area is 178 Å². The normalized spacial score (nSPS) is 20.5. The highest BCUT2D eigenvalue weighted by Crippen LogP contribution is 2.49. The number of hydrogen-bond acceptors (Lipinski definition) is 3. The third-order valence-corrected chi connectivity index (χ3v) is 6.48. The Bertz CT molecular complexity index is 927. The predicted octanol–water partition coefficient (Wildman–Crippen LogP) is 3.67. The number of carbonyl (C=O) groups excluding carboxylic acids is 2. The smallest absolute Gasteiger partial charge is 0.235 e. The Balaban J connectivity index is 1.39. The zero-order valence-corrected chi connectivity index (χ0v) is 17.9. The van der Waals surface area contributed by atoms with Gasteiger partial charge in [0.15, 0.2) is 0 Å². The van der Waals surface area contributed by atoms with Gasteiger partial charge in [-0.05, 0) is 69.3 Å². The fourth-order valence-electron chi connectivity index (χ4n) is 4.66. The molecule has 30 heavy (non-hydrogen) atoms. The average Bonchev–Trinajstić information content (AvgIpc) is 3.51. The highest BCUT2D eigenvalue weighted by molar-refractivity contribution is 6.01. The lowest BCUT2D eigenvalue weighted by molar-refractivity contribution is -0.123. The molecule has 0 aromatic heterocycles. The molecule has 2 fully saturated rings. The van der Waals surface area contributed by atoms with Crippen LogP contribution >= 0.6 is 0 Å². The Morgan fingerprint density at radius 1 is 1.10 bits per heavy atom. The number of anilines is 1. The molecule has 1 saturated carbocycles. The number of hydrogen-bond donors (Lipinski definition) is 2. The molecule has 5 heteroatoms. The van der Waals surface area contributed by atoms with Gasteiger partial charge in [-0.1, -0.05) is 41.5 Å². The second kappa shape index (κ2) is 8.23. The number of nitrogens with two attached hydrogens (primary N) is 1. The molecule has 0 radical (unpaired) electrons. The SMILES string of the molecule is Cc1cc(C)cc(C2(C(=O)Nc3ccc(CN4CCCC(C(N)=O)C4)cc3)CC2)c1. The lowest BCUT2D eigenvalue weighted by Crippen LogP contribution is -2.40. The molecule has 1 aliphatic carbocycles. The first-order chi connectivity index (χ1) is 14.4. The Morgan fingerprint density at radius 2 is 1.77 bits per heavy atom. The molecule has 2 aromatic carbocycles. The zero-order valence-electron chi connectivity index (χ0n) is 17.9. The molecule has 2 aromatic rings. The number of piperidine rings is 1. The Hall–Kier alpha value is -2.66. The summed E-state index contributed by atoms with van der Waals surface area (Å²) in [6, 6.07) is 14.5. The molecule has 1 unspecified atom stereocenters. The number of amides is 2. The number of nitrogens with one attached hydrogen (secondary N) is 1. The van der Waals surface area contributed by atoms with Crippen molar-refractivity contribution >= 4 is 17.5 Å². The fourth-order valence-corrected chi connectivity index (χ4v) is 4.66. The van der Waals surface area contributed by atoms with E-state index < -0.39 is 0 Å². The number of likely N-dealkylation sites (tertiary alicyclic amines) is 1. The van der Waals surface area contributed by atoms with Crippen LogP contribution < -0.4 is 11.1 Å². The van der Waals surface area contributed by atoms with Crippen LogP contribution in [-0.2, 0) is 21.5 Å². The van der Waals surface area contributed by atoms with Crippen LogP contribution in [0.25, 0.3) is 0 Å². The molecule has 158 valence electrons. The quantitative estimate of drug-likeness (QED) is 0.770. The number of rotatable bonds is 6. The van der Waals surface area contributed by atoms with E-state index in [1.54, 1.807) is 0 Å². The van der Waals surface area contributed by atoms with Crippen molar-refractivity contribution in [3.63, 3.8) is 0 Å². The topological polar surface area (TPSA) is 75.4 Å². The largest absolute Gasteiger partial charge is 0.369 e. The maximum Gasteiger partial charge on any atom is 0.235 e. The van der Waals surface area contributed by atoms with Crippen LogP contribution in [0.3, 0.4) is 0 Å². The minimum Gasteiger partial charge on any atom is -0.369 e. The second-order valence-electron chi connectivity index (χ2n) is 9.09. The summed E-state index contributed by atoms with van der Waals surface area (Å²) in [5.41, 5.74) is 10.6. The van der Waals surface area contributed by atoms with E-state index >= 15 is 0 Å². The lowest BCUT2D eigenvalue weighted by atomic mass is 9.92. The summed E-state index contributed by atoms with van der Waals surface area (Å²) in [7, 11) is 0. The summed E-state index contributed by atoms with van der Waals surface area (Å²) in [5, 5.41) is 3.12. The van der Waals surface area contributed by atoms with Gasteiger partial charge in [0.25, 0.3) is 0 Å². The first-order valence-corrected chi connectivity index (χ1v) is 10.9. The number of benzene rings is 2. The Kier molecular flexibility index (Phi) is 5.65. The molecular formula is C25H31N3O2. The number of nitrogens with zero attached hydrogens (tertiary/aromatic N) is 1. The molecule has 0 spiro atoms. The van der Waals surface area contributed by atoms with Gasteiger partial charge >= 0.3 is 0 Å². The van der Waals surface area contributed by atoms with Crippen molar-refractivity contribution in [3.8, 4) is 0 Å². The summed E-state index contributed by atoms with van der Waals surface area (Å²) in [6.07, 6.45) is 3.69. The molecular weight excluding hydrogens is 374 g/mol. The number of aryl methyl sites for hydroxylation is 2. The zero-order chi connectivity index (χ0) is 21.3. The second-order valence-corrected chi connectivity index (χ2v) is 9.09. The molecule has 5 nitrogen and oxygen atoms in total. The van der Waals surface area contributed by atoms with Gasteiger partial charge in [-0.15, -0.1) is 0 Å². The van der Waals surface area contributed by atoms with Gasteiger partial charge in [-0.2, -0.15) is 0 Å². The van der Waals surface area contributed by atoms with Gasteiger partial charge < -0.3 is 11.1 Å². The van der Waals surface area contributed by atoms with E-state index in [2.05, 4.69) is 54.4 Å². The van der Waals surface area contributed by atoms with E-state index in [1.165, 1.54) is 16.7 Å². The first-order valence-electron chi connectivity index (χ1n) is 10.9. The minimum atomic E-state index is -0.382. The molecule has 3 N–H and O–H groups in total. The summed E-state index contributed by atoms with van der Waals surface area (Å²) in [4.78, 5) is 26.8. The summed E-state index contributed by atoms with van der Waals surface area (Å²) < 4.78 is 0. The third-order valence-electron chi connectivity index (χ3n) is 6.48. The van der Waals surface area contributed by atoms with Crippen LogP contribution in [0.2, 0.25) is 0 Å². The first kappa shape index (κ1) is 20.6. The monoisotopic (exact) mass is 405 g/mol. The van der Waals surface area contributed by atoms with Crippen LogP contribution in [0, 0.1) is 19.8 Å². The van der Waals surface area contributed by atoms with Gasteiger partial charge in [-0.25, -0.2) is 0 Å². The van der Waals surface area contributed by atoms with E-state index in [4.69, 9.17) is 5.73 Å². The number of primary amides is 1. The van der Waals surface area contributed by atoms with Crippen molar-refractivity contribution < 1.29 is 9.59 Å². The molecule has 1 saturated heterocycles. The van der Waals surface area contributed by atoms with Crippen LogP contribution in [-0.4, -0.2) is 29.8 Å². The maximum absolute atomic E-state index is 13.1. The van der Waals surface area contributed by atoms with Crippen LogP contribution in [0.15, 0.2) is 42.5 Å². The van der Waals surface area contributed by atoms with E-state index in [1.807, 2.05) is 12.1 Å². The third kappa shape index (κ3) is 4.41. The van der Waals surface area contributed by atoms with Crippen molar-refractivity contribution in [2.75, 3.05) is 18.4 Å². The fraction of sp³-hybridized carbons (Fsp3) is 0.440. The van der Waals surface area contributed by atoms with Gasteiger partial charge in [0, 0.05) is 18.8 Å². The molecule has 1 aliphatic heterocycles. The Morgan fingerprint density at radius 3 is 2.37 bits per heavy atom. The van der Waals surface area contributed by atoms with Gasteiger partial charge in [-0.3, -0.25) is 14.5 Å². The summed E-state index contributed by atoms with van der Waals surface area (Å²) in [6.45, 7) is 6.67. The van der Waals surface area contributed by atoms with Gasteiger partial charge in [0.1, 0.15) is 0 Å². The minimum absolute atomic E-state index is 0.0442. The average molecular weight is 406 g/mol. The molecule has 2 amide bonds. The number of carbonyl (C=O) groups is 2. The van der Waals surface area contributed by atoms with Gasteiger partial charge in [0.2, 0.25) is 11.8 Å². The highest BCUT2D eigenvalue weighted by atomic mass is 16.2. The van der Waals surface area contributed by atoms with Crippen molar-refractivity contribution in [1.29, 1.82) is 0 Å². The molecule has 4 rings (SSSR count). The van der Waals surface area contributed by atoms with Crippen LogP contribution in [0.5, 0.6) is 0 Å². The molecule has 1 atom stereocenters. The van der Waals surface area contributed by atoms with E-state index in [0.717, 1.165) is 56.6 Å². The summed E-state index contributed by atoms with van der Waals surface area (Å²) >= 11 is 0. The lowest BCUT2D eigenvalue weighted by Gasteiger charge is -2.31. The van der Waals surface area contributed by atoms with Crippen molar-refractivity contribution in [2.24, 2.45) is 11.7 Å². The molecule has 1 heterocycles. The van der Waals surface area contributed by atoms with Crippen LogP contribution in [0.4, 0.5) is 5.69 Å². The van der Waals surface area contributed by atoms with Crippen molar-refractivity contribution in [3.05, 3.63) is 64.7 Å². The van der Waals surface area contributed by atoms with Gasteiger partial charge in [0.05, 0.1) is 11.3 Å². The predicted molar refractivity (Wildman–Crippen MR) is 119 cm³/mol. The molecule has 0 bridgehead atoms. The standard InChI is InChI=1S/C25H31N3O2/c1-17-12-18(2)14-21(13-17)25(9-10-25)24(30)27-22-7-5-19(6-8-22)15-28-11-3-4-20(16-28)23(26)29/h5-8,12-14,20H,3-4,9-11,15-16H2,1-2H3,(H2,26,29)(H,27,30). The van der Waals surface area contributed by atoms with E-state index in [-0.39, 0.29) is 23.1 Å². The maximum atomic E-state index is 13.1. The summed E-state index contributed by atoms with van der Waals surface area (Å²) in [5.74, 6) is -0.159. The van der Waals surface area contributed by atoms with Crippen LogP contribution in [0.1, 0.15) is 47.9 Å². The van der Waals surface area contributed by atoms with E-state index in [9.17, 15) is 9.59 Å². The van der Waals surface area contributed by atoms with Crippen molar-refractivity contribution in [1.82, 2.24) is 4.90 Å². The highest BCUT2D eigenvalue weighted by Gasteiger charge is 2.51. The van der Waals surface area contributed by atoms with E-state index in [0.29, 0.717) is 0 Å².